The van der Waals surface area contributed by atoms with E-state index in [1.807, 2.05) is 0 Å². The summed E-state index contributed by atoms with van der Waals surface area (Å²) in [5.41, 5.74) is 1.55. The molecular formula is C14H28. The van der Waals surface area contributed by atoms with Crippen molar-refractivity contribution in [2.75, 3.05) is 0 Å². The summed E-state index contributed by atoms with van der Waals surface area (Å²) in [5, 5.41) is 0. The summed E-state index contributed by atoms with van der Waals surface area (Å²) in [6.07, 6.45) is 4.12. The molecule has 0 saturated heterocycles. The Morgan fingerprint density at radius 1 is 1.21 bits per heavy atom. The van der Waals surface area contributed by atoms with Crippen molar-refractivity contribution in [2.45, 2.75) is 54.4 Å². The predicted octanol–water partition coefficient (Wildman–Crippen LogP) is 4.91. The number of hydrogen-bond donors (Lipinski definition) is 0. The van der Waals surface area contributed by atoms with Crippen LogP contribution in [-0.4, -0.2) is 0 Å². The van der Waals surface area contributed by atoms with Crippen molar-refractivity contribution < 1.29 is 0 Å². The number of allylic oxidation sites excluding steroid dienone is 1. The maximum Gasteiger partial charge on any atom is -0.0180 e. The molecule has 2 unspecified atom stereocenters. The van der Waals surface area contributed by atoms with E-state index < -0.39 is 0 Å². The lowest BCUT2D eigenvalue weighted by atomic mass is 9.86. The molecule has 0 aromatic rings. The van der Waals surface area contributed by atoms with Crippen LogP contribution in [0.15, 0.2) is 12.2 Å². The van der Waals surface area contributed by atoms with Gasteiger partial charge < -0.3 is 0 Å². The highest BCUT2D eigenvalue weighted by molar-refractivity contribution is 5.12. The van der Waals surface area contributed by atoms with Gasteiger partial charge in [0.15, 0.2) is 0 Å². The average molecular weight is 196 g/mol. The fourth-order valence-corrected chi connectivity index (χ4v) is 2.65. The van der Waals surface area contributed by atoms with E-state index in [4.69, 9.17) is 0 Å². The molecule has 1 aliphatic carbocycles. The van der Waals surface area contributed by atoms with Crippen molar-refractivity contribution in [1.29, 1.82) is 0 Å². The highest BCUT2D eigenvalue weighted by atomic mass is 14.4. The number of rotatable bonds is 3. The molecule has 14 heavy (non-hydrogen) atoms. The minimum absolute atomic E-state index is 0. The lowest BCUT2D eigenvalue weighted by Gasteiger charge is -2.19. The normalized spacial score (nSPS) is 27.1. The quantitative estimate of drug-likeness (QED) is 0.563. The Kier molecular flexibility index (Phi) is 5.48. The predicted molar refractivity (Wildman–Crippen MR) is 66.4 cm³/mol. The van der Waals surface area contributed by atoms with Gasteiger partial charge in [-0.05, 0) is 42.9 Å². The monoisotopic (exact) mass is 196 g/mol. The first-order chi connectivity index (χ1) is 6.02. The van der Waals surface area contributed by atoms with Crippen LogP contribution < -0.4 is 0 Å². The summed E-state index contributed by atoms with van der Waals surface area (Å²) < 4.78 is 0. The molecular weight excluding hydrogens is 168 g/mol. The third kappa shape index (κ3) is 3.15. The molecule has 2 atom stereocenters. The van der Waals surface area contributed by atoms with Crippen LogP contribution in [0.4, 0.5) is 0 Å². The van der Waals surface area contributed by atoms with E-state index in [2.05, 4.69) is 34.3 Å². The van der Waals surface area contributed by atoms with Gasteiger partial charge in [0.2, 0.25) is 0 Å². The summed E-state index contributed by atoms with van der Waals surface area (Å²) in [7, 11) is 0. The summed E-state index contributed by atoms with van der Waals surface area (Å²) in [5.74, 6) is 3.26. The molecule has 0 heteroatoms. The van der Waals surface area contributed by atoms with Gasteiger partial charge in [0.05, 0.1) is 0 Å². The van der Waals surface area contributed by atoms with Gasteiger partial charge in [-0.15, -0.1) is 0 Å². The Balaban J connectivity index is 0.00000169. The van der Waals surface area contributed by atoms with Crippen LogP contribution in [-0.2, 0) is 0 Å². The third-order valence-electron chi connectivity index (χ3n) is 3.39. The Hall–Kier alpha value is -0.260. The molecule has 1 rings (SSSR count). The zero-order valence-electron chi connectivity index (χ0n) is 9.64. The van der Waals surface area contributed by atoms with Gasteiger partial charge in [-0.2, -0.15) is 0 Å². The Morgan fingerprint density at radius 3 is 2.14 bits per heavy atom. The van der Waals surface area contributed by atoms with Crippen LogP contribution in [0, 0.1) is 23.7 Å². The molecule has 0 spiro atoms. The standard InChI is InChI=1S/C13H24.CH4/c1-9(2)8-12-6-7-13(10(3)4)11(12)5;/h9-10,12-13H,5-8H2,1-4H3;1H4. The Bertz CT molecular complexity index is 176. The molecule has 0 radical (unpaired) electrons. The fraction of sp³-hybridized carbons (Fsp3) is 0.857. The zero-order chi connectivity index (χ0) is 10.0. The van der Waals surface area contributed by atoms with Gasteiger partial charge in [0, 0.05) is 0 Å². The van der Waals surface area contributed by atoms with Crippen molar-refractivity contribution in [3.63, 3.8) is 0 Å². The van der Waals surface area contributed by atoms with Crippen LogP contribution in [0.1, 0.15) is 54.4 Å². The Morgan fingerprint density at radius 2 is 1.79 bits per heavy atom. The molecule has 0 nitrogen and oxygen atoms in total. The average Bonchev–Trinajstić information content (AvgIpc) is 2.32. The second-order valence-corrected chi connectivity index (χ2v) is 5.33. The first kappa shape index (κ1) is 13.7. The van der Waals surface area contributed by atoms with Gasteiger partial charge in [-0.3, -0.25) is 0 Å². The van der Waals surface area contributed by atoms with Gasteiger partial charge in [0.1, 0.15) is 0 Å². The molecule has 0 N–H and O–H groups in total. The zero-order valence-corrected chi connectivity index (χ0v) is 9.64. The molecule has 1 fully saturated rings. The molecule has 1 aliphatic rings. The maximum atomic E-state index is 4.29. The van der Waals surface area contributed by atoms with Crippen LogP contribution in [0.2, 0.25) is 0 Å². The summed E-state index contributed by atoms with van der Waals surface area (Å²) in [6.45, 7) is 13.6. The van der Waals surface area contributed by atoms with Crippen molar-refractivity contribution >= 4 is 0 Å². The van der Waals surface area contributed by atoms with Crippen molar-refractivity contribution in [1.82, 2.24) is 0 Å². The van der Waals surface area contributed by atoms with E-state index in [1.54, 1.807) is 5.57 Å². The minimum Gasteiger partial charge on any atom is -0.0993 e. The second-order valence-electron chi connectivity index (χ2n) is 5.33. The van der Waals surface area contributed by atoms with Gasteiger partial charge in [-0.25, -0.2) is 0 Å². The topological polar surface area (TPSA) is 0 Å². The third-order valence-corrected chi connectivity index (χ3v) is 3.39. The second kappa shape index (κ2) is 5.58. The number of hydrogen-bond acceptors (Lipinski definition) is 0. The van der Waals surface area contributed by atoms with E-state index in [0.29, 0.717) is 0 Å². The molecule has 0 bridgehead atoms. The van der Waals surface area contributed by atoms with E-state index in [0.717, 1.165) is 23.7 Å². The van der Waals surface area contributed by atoms with Crippen LogP contribution >= 0.6 is 0 Å². The van der Waals surface area contributed by atoms with Gasteiger partial charge >= 0.3 is 0 Å². The Labute approximate surface area is 90.8 Å². The fourth-order valence-electron chi connectivity index (χ4n) is 2.65. The van der Waals surface area contributed by atoms with Gasteiger partial charge in [0.25, 0.3) is 0 Å². The van der Waals surface area contributed by atoms with E-state index in [9.17, 15) is 0 Å². The summed E-state index contributed by atoms with van der Waals surface area (Å²) >= 11 is 0. The highest BCUT2D eigenvalue weighted by Gasteiger charge is 2.30. The highest BCUT2D eigenvalue weighted by Crippen LogP contribution is 2.42. The maximum absolute atomic E-state index is 4.29. The van der Waals surface area contributed by atoms with E-state index in [-0.39, 0.29) is 7.43 Å². The van der Waals surface area contributed by atoms with Crippen LogP contribution in [0.3, 0.4) is 0 Å². The molecule has 0 aromatic carbocycles. The SMILES string of the molecule is C.C=C1C(CC(C)C)CCC1C(C)C. The lowest BCUT2D eigenvalue weighted by molar-refractivity contribution is 0.448. The van der Waals surface area contributed by atoms with Crippen molar-refractivity contribution in [3.05, 3.63) is 12.2 Å². The molecule has 1 saturated carbocycles. The van der Waals surface area contributed by atoms with Crippen LogP contribution in [0.5, 0.6) is 0 Å². The lowest BCUT2D eigenvalue weighted by Crippen LogP contribution is -2.09. The molecule has 0 aromatic heterocycles. The molecule has 84 valence electrons. The molecule has 0 amide bonds. The summed E-state index contributed by atoms with van der Waals surface area (Å²) in [6, 6.07) is 0. The van der Waals surface area contributed by atoms with Gasteiger partial charge in [-0.1, -0.05) is 47.3 Å². The van der Waals surface area contributed by atoms with Crippen molar-refractivity contribution in [2.24, 2.45) is 23.7 Å². The van der Waals surface area contributed by atoms with Crippen molar-refractivity contribution in [3.8, 4) is 0 Å². The minimum atomic E-state index is 0. The smallest absolute Gasteiger partial charge is 0.0180 e. The van der Waals surface area contributed by atoms with Crippen LogP contribution in [0.25, 0.3) is 0 Å². The first-order valence-electron chi connectivity index (χ1n) is 5.71. The van der Waals surface area contributed by atoms with E-state index in [1.165, 1.54) is 19.3 Å². The largest absolute Gasteiger partial charge is 0.0993 e. The molecule has 0 aliphatic heterocycles. The summed E-state index contributed by atoms with van der Waals surface area (Å²) in [4.78, 5) is 0. The first-order valence-corrected chi connectivity index (χ1v) is 5.71. The molecule has 0 heterocycles. The van der Waals surface area contributed by atoms with E-state index >= 15 is 0 Å².